The van der Waals surface area contributed by atoms with Gasteiger partial charge in [-0.2, -0.15) is 0 Å². The van der Waals surface area contributed by atoms with E-state index in [0.29, 0.717) is 12.0 Å². The summed E-state index contributed by atoms with van der Waals surface area (Å²) in [7, 11) is 0. The molecule has 1 fully saturated rings. The summed E-state index contributed by atoms with van der Waals surface area (Å²) in [5.41, 5.74) is 6.59. The Balaban J connectivity index is 1.92. The molecule has 0 amide bonds. The molecule has 1 saturated heterocycles. The Labute approximate surface area is 83.9 Å². The maximum absolute atomic E-state index is 5.42. The minimum atomic E-state index is 0.352. The molecule has 0 saturated carbocycles. The fraction of sp³-hybridized carbons (Fsp3) is 0.600. The first-order valence-corrected chi connectivity index (χ1v) is 5.14. The van der Waals surface area contributed by atoms with Crippen LogP contribution in [0.2, 0.25) is 0 Å². The van der Waals surface area contributed by atoms with Crippen LogP contribution >= 0.6 is 0 Å². The molecule has 1 atom stereocenters. The third-order valence-electron chi connectivity index (χ3n) is 2.62. The Kier molecular flexibility index (Phi) is 2.93. The molecule has 0 radical (unpaired) electrons. The summed E-state index contributed by atoms with van der Waals surface area (Å²) in [6.07, 6.45) is 8.53. The van der Waals surface area contributed by atoms with Gasteiger partial charge < -0.3 is 11.1 Å². The van der Waals surface area contributed by atoms with Gasteiger partial charge in [0, 0.05) is 18.4 Å². The molecule has 76 valence electrons. The fourth-order valence-corrected chi connectivity index (χ4v) is 1.85. The summed E-state index contributed by atoms with van der Waals surface area (Å²) in [5, 5.41) is 3.50. The van der Waals surface area contributed by atoms with Crippen molar-refractivity contribution in [1.29, 1.82) is 0 Å². The zero-order chi connectivity index (χ0) is 9.80. The number of hydrogen-bond donors (Lipinski definition) is 2. The van der Waals surface area contributed by atoms with Gasteiger partial charge in [-0.1, -0.05) is 6.42 Å². The van der Waals surface area contributed by atoms with Gasteiger partial charge in [-0.25, -0.2) is 9.97 Å². The van der Waals surface area contributed by atoms with Gasteiger partial charge in [0.05, 0.1) is 0 Å². The second-order valence-electron chi connectivity index (χ2n) is 3.80. The van der Waals surface area contributed by atoms with Gasteiger partial charge in [-0.3, -0.25) is 0 Å². The van der Waals surface area contributed by atoms with E-state index in [9.17, 15) is 0 Å². The number of anilines is 1. The monoisotopic (exact) mass is 192 g/mol. The normalized spacial score (nSPS) is 22.1. The maximum Gasteiger partial charge on any atom is 0.219 e. The van der Waals surface area contributed by atoms with E-state index in [0.717, 1.165) is 13.0 Å². The van der Waals surface area contributed by atoms with Crippen LogP contribution in [0.25, 0.3) is 0 Å². The van der Waals surface area contributed by atoms with Crippen molar-refractivity contribution in [3.8, 4) is 0 Å². The van der Waals surface area contributed by atoms with Crippen molar-refractivity contribution in [3.05, 3.63) is 18.0 Å². The van der Waals surface area contributed by atoms with E-state index in [-0.39, 0.29) is 0 Å². The third-order valence-corrected chi connectivity index (χ3v) is 2.62. The molecule has 0 bridgehead atoms. The molecule has 0 aliphatic carbocycles. The minimum absolute atomic E-state index is 0.352. The first kappa shape index (κ1) is 9.40. The molecule has 2 heterocycles. The number of nitrogens with zero attached hydrogens (tertiary/aromatic N) is 2. The highest BCUT2D eigenvalue weighted by Crippen LogP contribution is 2.11. The molecule has 4 nitrogen and oxygen atoms in total. The smallest absolute Gasteiger partial charge is 0.219 e. The molecule has 14 heavy (non-hydrogen) atoms. The van der Waals surface area contributed by atoms with Gasteiger partial charge in [-0.15, -0.1) is 0 Å². The van der Waals surface area contributed by atoms with E-state index in [4.69, 9.17) is 5.73 Å². The van der Waals surface area contributed by atoms with E-state index in [1.165, 1.54) is 24.8 Å². The summed E-state index contributed by atoms with van der Waals surface area (Å²) in [6.45, 7) is 1.14. The summed E-state index contributed by atoms with van der Waals surface area (Å²) in [5.74, 6) is 0.352. The van der Waals surface area contributed by atoms with Gasteiger partial charge in [-0.05, 0) is 31.4 Å². The molecular weight excluding hydrogens is 176 g/mol. The molecule has 0 aromatic carbocycles. The molecule has 1 unspecified atom stereocenters. The van der Waals surface area contributed by atoms with E-state index < -0.39 is 0 Å². The molecule has 1 aromatic heterocycles. The zero-order valence-electron chi connectivity index (χ0n) is 8.24. The quantitative estimate of drug-likeness (QED) is 0.725. The highest BCUT2D eigenvalue weighted by atomic mass is 15.0. The second-order valence-corrected chi connectivity index (χ2v) is 3.80. The Morgan fingerprint density at radius 1 is 1.36 bits per heavy atom. The minimum Gasteiger partial charge on any atom is -0.368 e. The van der Waals surface area contributed by atoms with E-state index in [2.05, 4.69) is 15.3 Å². The van der Waals surface area contributed by atoms with Crippen molar-refractivity contribution in [2.24, 2.45) is 0 Å². The summed E-state index contributed by atoms with van der Waals surface area (Å²) >= 11 is 0. The lowest BCUT2D eigenvalue weighted by atomic mass is 9.99. The van der Waals surface area contributed by atoms with Crippen molar-refractivity contribution in [2.45, 2.75) is 31.7 Å². The predicted octanol–water partition coefficient (Wildman–Crippen LogP) is 0.743. The second kappa shape index (κ2) is 4.37. The number of nitrogens with two attached hydrogens (primary N) is 1. The molecule has 3 N–H and O–H groups in total. The van der Waals surface area contributed by atoms with E-state index in [1.54, 1.807) is 0 Å². The van der Waals surface area contributed by atoms with E-state index >= 15 is 0 Å². The molecule has 1 aliphatic heterocycles. The summed E-state index contributed by atoms with van der Waals surface area (Å²) in [4.78, 5) is 7.97. The lowest BCUT2D eigenvalue weighted by Gasteiger charge is -2.23. The first-order chi connectivity index (χ1) is 6.84. The number of nitrogens with one attached hydrogen (secondary N) is 1. The van der Waals surface area contributed by atoms with Crippen LogP contribution in [-0.4, -0.2) is 22.6 Å². The van der Waals surface area contributed by atoms with Crippen molar-refractivity contribution >= 4 is 5.95 Å². The molecule has 0 spiro atoms. The van der Waals surface area contributed by atoms with Gasteiger partial charge in [0.1, 0.15) is 0 Å². The van der Waals surface area contributed by atoms with Crippen molar-refractivity contribution in [2.75, 3.05) is 12.3 Å². The molecule has 2 rings (SSSR count). The van der Waals surface area contributed by atoms with Crippen LogP contribution < -0.4 is 11.1 Å². The highest BCUT2D eigenvalue weighted by molar-refractivity contribution is 5.17. The van der Waals surface area contributed by atoms with Gasteiger partial charge in [0.2, 0.25) is 5.95 Å². The Morgan fingerprint density at radius 2 is 2.14 bits per heavy atom. The maximum atomic E-state index is 5.42. The summed E-state index contributed by atoms with van der Waals surface area (Å²) < 4.78 is 0. The largest absolute Gasteiger partial charge is 0.368 e. The lowest BCUT2D eigenvalue weighted by Crippen LogP contribution is -2.35. The van der Waals surface area contributed by atoms with Crippen LogP contribution in [0.15, 0.2) is 12.4 Å². The predicted molar refractivity (Wildman–Crippen MR) is 55.8 cm³/mol. The average molecular weight is 192 g/mol. The molecule has 1 aliphatic rings. The van der Waals surface area contributed by atoms with Gasteiger partial charge >= 0.3 is 0 Å². The summed E-state index contributed by atoms with van der Waals surface area (Å²) in [6, 6.07) is 0.593. The Hall–Kier alpha value is -1.16. The molecule has 1 aromatic rings. The zero-order valence-corrected chi connectivity index (χ0v) is 8.24. The SMILES string of the molecule is Nc1ncc(CC2CCCCN2)cn1. The Bertz CT molecular complexity index is 277. The van der Waals surface area contributed by atoms with Crippen LogP contribution in [0, 0.1) is 0 Å². The number of aromatic nitrogens is 2. The molecular formula is C10H16N4. The van der Waals surface area contributed by atoms with E-state index in [1.807, 2.05) is 12.4 Å². The third kappa shape index (κ3) is 2.42. The highest BCUT2D eigenvalue weighted by Gasteiger charge is 2.12. The van der Waals surface area contributed by atoms with Crippen LogP contribution in [0.3, 0.4) is 0 Å². The molecule has 4 heteroatoms. The van der Waals surface area contributed by atoms with Crippen molar-refractivity contribution in [1.82, 2.24) is 15.3 Å². The first-order valence-electron chi connectivity index (χ1n) is 5.14. The fourth-order valence-electron chi connectivity index (χ4n) is 1.85. The number of hydrogen-bond acceptors (Lipinski definition) is 4. The Morgan fingerprint density at radius 3 is 2.79 bits per heavy atom. The van der Waals surface area contributed by atoms with Gasteiger partial charge in [0.15, 0.2) is 0 Å². The topological polar surface area (TPSA) is 63.8 Å². The van der Waals surface area contributed by atoms with Crippen LogP contribution in [0.4, 0.5) is 5.95 Å². The standard InChI is InChI=1S/C10H16N4/c11-10-13-6-8(7-14-10)5-9-3-1-2-4-12-9/h6-7,9,12H,1-5H2,(H2,11,13,14). The van der Waals surface area contributed by atoms with Crippen molar-refractivity contribution < 1.29 is 0 Å². The lowest BCUT2D eigenvalue weighted by molar-refractivity contribution is 0.399. The van der Waals surface area contributed by atoms with Crippen LogP contribution in [-0.2, 0) is 6.42 Å². The van der Waals surface area contributed by atoms with Crippen LogP contribution in [0.1, 0.15) is 24.8 Å². The van der Waals surface area contributed by atoms with Gasteiger partial charge in [0.25, 0.3) is 0 Å². The average Bonchev–Trinajstić information content (AvgIpc) is 2.23. The number of rotatable bonds is 2. The van der Waals surface area contributed by atoms with Crippen LogP contribution in [0.5, 0.6) is 0 Å². The van der Waals surface area contributed by atoms with Crippen molar-refractivity contribution in [3.63, 3.8) is 0 Å². The number of nitrogen functional groups attached to an aromatic ring is 1. The number of piperidine rings is 1.